The van der Waals surface area contributed by atoms with Crippen LogP contribution >= 0.6 is 0 Å². The van der Waals surface area contributed by atoms with Crippen molar-refractivity contribution in [1.29, 1.82) is 0 Å². The Morgan fingerprint density at radius 2 is 2.00 bits per heavy atom. The first-order valence-corrected chi connectivity index (χ1v) is 4.83. The standard InChI is InChI=1S/C9H22N2O/c1-9(8-12)4-2-6-11-7-3-5-10/h9,11-12H,2-8,10H2,1H3. The lowest BCUT2D eigenvalue weighted by atomic mass is 10.1. The monoisotopic (exact) mass is 174 g/mol. The molecule has 0 aliphatic heterocycles. The van der Waals surface area contributed by atoms with Gasteiger partial charge in [-0.1, -0.05) is 6.92 Å². The van der Waals surface area contributed by atoms with Crippen LogP contribution in [0.3, 0.4) is 0 Å². The van der Waals surface area contributed by atoms with Crippen LogP contribution in [-0.4, -0.2) is 31.3 Å². The summed E-state index contributed by atoms with van der Waals surface area (Å²) in [7, 11) is 0. The third-order valence-corrected chi connectivity index (χ3v) is 1.92. The van der Waals surface area contributed by atoms with Crippen LogP contribution in [0.5, 0.6) is 0 Å². The molecule has 0 amide bonds. The predicted molar refractivity (Wildman–Crippen MR) is 52.0 cm³/mol. The zero-order valence-electron chi connectivity index (χ0n) is 8.05. The van der Waals surface area contributed by atoms with Gasteiger partial charge in [-0.15, -0.1) is 0 Å². The molecule has 0 aromatic carbocycles. The highest BCUT2D eigenvalue weighted by atomic mass is 16.3. The molecule has 0 rings (SSSR count). The lowest BCUT2D eigenvalue weighted by Gasteiger charge is -2.07. The maximum atomic E-state index is 8.74. The summed E-state index contributed by atoms with van der Waals surface area (Å²) in [6, 6.07) is 0. The molecular weight excluding hydrogens is 152 g/mol. The number of nitrogens with two attached hydrogens (primary N) is 1. The van der Waals surface area contributed by atoms with Gasteiger partial charge < -0.3 is 16.2 Å². The average molecular weight is 174 g/mol. The third-order valence-electron chi connectivity index (χ3n) is 1.92. The summed E-state index contributed by atoms with van der Waals surface area (Å²) in [5, 5.41) is 12.0. The highest BCUT2D eigenvalue weighted by Crippen LogP contribution is 2.02. The summed E-state index contributed by atoms with van der Waals surface area (Å²) < 4.78 is 0. The maximum absolute atomic E-state index is 8.74. The fourth-order valence-electron chi connectivity index (χ4n) is 1.02. The largest absolute Gasteiger partial charge is 0.396 e. The molecule has 0 heterocycles. The van der Waals surface area contributed by atoms with Gasteiger partial charge in [0.2, 0.25) is 0 Å². The van der Waals surface area contributed by atoms with E-state index >= 15 is 0 Å². The van der Waals surface area contributed by atoms with E-state index < -0.39 is 0 Å². The first-order chi connectivity index (χ1) is 5.81. The van der Waals surface area contributed by atoms with Crippen LogP contribution in [0.25, 0.3) is 0 Å². The second-order valence-corrected chi connectivity index (χ2v) is 3.32. The van der Waals surface area contributed by atoms with Crippen LogP contribution < -0.4 is 11.1 Å². The molecule has 1 atom stereocenters. The van der Waals surface area contributed by atoms with E-state index in [4.69, 9.17) is 10.8 Å². The number of aliphatic hydroxyl groups excluding tert-OH is 1. The number of aliphatic hydroxyl groups is 1. The van der Waals surface area contributed by atoms with Gasteiger partial charge in [-0.3, -0.25) is 0 Å². The van der Waals surface area contributed by atoms with Crippen molar-refractivity contribution in [2.24, 2.45) is 11.7 Å². The molecule has 1 unspecified atom stereocenters. The van der Waals surface area contributed by atoms with Gasteiger partial charge in [0.05, 0.1) is 0 Å². The van der Waals surface area contributed by atoms with E-state index in [2.05, 4.69) is 12.2 Å². The Bertz CT molecular complexity index is 88.6. The highest BCUT2D eigenvalue weighted by Gasteiger charge is 1.97. The summed E-state index contributed by atoms with van der Waals surface area (Å²) in [5.74, 6) is 0.446. The lowest BCUT2D eigenvalue weighted by Crippen LogP contribution is -2.20. The molecular formula is C9H22N2O. The molecule has 4 N–H and O–H groups in total. The number of rotatable bonds is 8. The quantitative estimate of drug-likeness (QED) is 0.465. The van der Waals surface area contributed by atoms with Gasteiger partial charge in [0, 0.05) is 6.61 Å². The zero-order valence-corrected chi connectivity index (χ0v) is 8.05. The predicted octanol–water partition coefficient (Wildman–Crippen LogP) is 0.333. The van der Waals surface area contributed by atoms with Gasteiger partial charge in [0.25, 0.3) is 0 Å². The highest BCUT2D eigenvalue weighted by molar-refractivity contribution is 4.53. The van der Waals surface area contributed by atoms with Crippen molar-refractivity contribution in [3.63, 3.8) is 0 Å². The van der Waals surface area contributed by atoms with Crippen molar-refractivity contribution in [1.82, 2.24) is 5.32 Å². The second kappa shape index (κ2) is 8.97. The zero-order chi connectivity index (χ0) is 9.23. The Balaban J connectivity index is 2.90. The van der Waals surface area contributed by atoms with Crippen LogP contribution in [0, 0.1) is 5.92 Å². The molecule has 3 heteroatoms. The SMILES string of the molecule is CC(CO)CCCNCCCN. The number of nitrogens with one attached hydrogen (secondary N) is 1. The average Bonchev–Trinajstić information content (AvgIpc) is 2.10. The molecule has 0 saturated heterocycles. The fourth-order valence-corrected chi connectivity index (χ4v) is 1.02. The molecule has 0 radical (unpaired) electrons. The normalized spacial score (nSPS) is 13.2. The second-order valence-electron chi connectivity index (χ2n) is 3.32. The van der Waals surface area contributed by atoms with E-state index in [1.165, 1.54) is 0 Å². The van der Waals surface area contributed by atoms with Crippen LogP contribution in [0.1, 0.15) is 26.2 Å². The molecule has 0 spiro atoms. The summed E-state index contributed by atoms with van der Waals surface area (Å²) in [4.78, 5) is 0. The molecule has 0 bridgehead atoms. The molecule has 0 fully saturated rings. The van der Waals surface area contributed by atoms with Gasteiger partial charge >= 0.3 is 0 Å². The van der Waals surface area contributed by atoms with Gasteiger partial charge in [-0.2, -0.15) is 0 Å². The van der Waals surface area contributed by atoms with Crippen molar-refractivity contribution in [2.75, 3.05) is 26.2 Å². The Labute approximate surface area is 75.3 Å². The number of hydrogen-bond acceptors (Lipinski definition) is 3. The minimum absolute atomic E-state index is 0.308. The molecule has 0 aliphatic rings. The van der Waals surface area contributed by atoms with E-state index in [9.17, 15) is 0 Å². The molecule has 0 aromatic rings. The Morgan fingerprint density at radius 1 is 1.33 bits per heavy atom. The topological polar surface area (TPSA) is 58.3 Å². The van der Waals surface area contributed by atoms with Crippen molar-refractivity contribution in [2.45, 2.75) is 26.2 Å². The van der Waals surface area contributed by atoms with Crippen LogP contribution in [0.4, 0.5) is 0 Å². The van der Waals surface area contributed by atoms with Gasteiger partial charge in [0.1, 0.15) is 0 Å². The molecule has 12 heavy (non-hydrogen) atoms. The summed E-state index contributed by atoms with van der Waals surface area (Å²) in [6.07, 6.45) is 3.30. The Morgan fingerprint density at radius 3 is 2.58 bits per heavy atom. The fraction of sp³-hybridized carbons (Fsp3) is 1.00. The summed E-state index contributed by atoms with van der Waals surface area (Å²) in [5.41, 5.74) is 5.34. The minimum atomic E-state index is 0.308. The summed E-state index contributed by atoms with van der Waals surface area (Å²) >= 11 is 0. The number of hydrogen-bond donors (Lipinski definition) is 3. The van der Waals surface area contributed by atoms with E-state index in [1.54, 1.807) is 0 Å². The summed E-state index contributed by atoms with van der Waals surface area (Å²) in [6.45, 7) is 5.21. The van der Waals surface area contributed by atoms with Crippen LogP contribution in [-0.2, 0) is 0 Å². The van der Waals surface area contributed by atoms with Gasteiger partial charge in [-0.25, -0.2) is 0 Å². The van der Waals surface area contributed by atoms with E-state index in [0.29, 0.717) is 12.5 Å². The van der Waals surface area contributed by atoms with Crippen molar-refractivity contribution < 1.29 is 5.11 Å². The molecule has 0 aromatic heterocycles. The Kier molecular flexibility index (Phi) is 8.88. The van der Waals surface area contributed by atoms with Gasteiger partial charge in [-0.05, 0) is 44.8 Å². The van der Waals surface area contributed by atoms with Crippen molar-refractivity contribution in [3.05, 3.63) is 0 Å². The minimum Gasteiger partial charge on any atom is -0.396 e. The van der Waals surface area contributed by atoms with Gasteiger partial charge in [0.15, 0.2) is 0 Å². The van der Waals surface area contributed by atoms with Crippen molar-refractivity contribution in [3.8, 4) is 0 Å². The first-order valence-electron chi connectivity index (χ1n) is 4.83. The maximum Gasteiger partial charge on any atom is 0.0456 e. The van der Waals surface area contributed by atoms with Crippen LogP contribution in [0.2, 0.25) is 0 Å². The smallest absolute Gasteiger partial charge is 0.0456 e. The third kappa shape index (κ3) is 7.98. The van der Waals surface area contributed by atoms with E-state index in [-0.39, 0.29) is 0 Å². The van der Waals surface area contributed by atoms with Crippen LogP contribution in [0.15, 0.2) is 0 Å². The lowest BCUT2D eigenvalue weighted by molar-refractivity contribution is 0.228. The van der Waals surface area contributed by atoms with Crippen molar-refractivity contribution >= 4 is 0 Å². The molecule has 3 nitrogen and oxygen atoms in total. The Hall–Kier alpha value is -0.120. The first kappa shape index (κ1) is 11.9. The van der Waals surface area contributed by atoms with E-state index in [0.717, 1.165) is 38.9 Å². The molecule has 74 valence electrons. The van der Waals surface area contributed by atoms with E-state index in [1.807, 2.05) is 0 Å². The molecule has 0 aliphatic carbocycles. The molecule has 0 saturated carbocycles.